The Labute approximate surface area is 120 Å². The van der Waals surface area contributed by atoms with E-state index in [2.05, 4.69) is 24.1 Å². The van der Waals surface area contributed by atoms with E-state index in [9.17, 15) is 0 Å². The Kier molecular flexibility index (Phi) is 6.66. The molecule has 2 saturated carbocycles. The van der Waals surface area contributed by atoms with Gasteiger partial charge in [-0.3, -0.25) is 0 Å². The maximum absolute atomic E-state index is 3.84. The largest absolute Gasteiger partial charge is 0.313 e. The van der Waals surface area contributed by atoms with Crippen LogP contribution in [-0.2, 0) is 0 Å². The molecule has 0 heterocycles. The summed E-state index contributed by atoms with van der Waals surface area (Å²) in [7, 11) is 0. The van der Waals surface area contributed by atoms with Crippen molar-refractivity contribution in [2.75, 3.05) is 26.2 Å². The van der Waals surface area contributed by atoms with Crippen LogP contribution in [0.1, 0.15) is 65.2 Å². The molecule has 2 rings (SSSR count). The van der Waals surface area contributed by atoms with Crippen LogP contribution >= 0.6 is 0 Å². The molecule has 1 N–H and O–H groups in total. The predicted octanol–water partition coefficient (Wildman–Crippen LogP) is 3.67. The van der Waals surface area contributed by atoms with Gasteiger partial charge in [0.05, 0.1) is 0 Å². The van der Waals surface area contributed by atoms with E-state index in [1.807, 2.05) is 0 Å². The predicted molar refractivity (Wildman–Crippen MR) is 83.5 cm³/mol. The van der Waals surface area contributed by atoms with Crippen LogP contribution in [0.25, 0.3) is 0 Å². The van der Waals surface area contributed by atoms with Gasteiger partial charge in [0.25, 0.3) is 0 Å². The van der Waals surface area contributed by atoms with Crippen molar-refractivity contribution in [1.82, 2.24) is 10.2 Å². The molecule has 0 radical (unpaired) electrons. The maximum atomic E-state index is 3.84. The lowest BCUT2D eigenvalue weighted by Gasteiger charge is -2.39. The highest BCUT2D eigenvalue weighted by atomic mass is 15.1. The summed E-state index contributed by atoms with van der Waals surface area (Å²) in [5, 5.41) is 3.84. The minimum Gasteiger partial charge on any atom is -0.313 e. The standard InChI is InChI=1S/C17H34N2/c1-3-12-19(4-2)13-11-18-17-10-9-15-7-5-6-8-16(15)14-17/h15-18H,3-14H2,1-2H3. The van der Waals surface area contributed by atoms with Gasteiger partial charge in [-0.05, 0) is 50.6 Å². The van der Waals surface area contributed by atoms with Gasteiger partial charge in [0.15, 0.2) is 0 Å². The number of likely N-dealkylation sites (N-methyl/N-ethyl adjacent to an activating group) is 1. The smallest absolute Gasteiger partial charge is 0.0107 e. The number of hydrogen-bond donors (Lipinski definition) is 1. The second-order valence-electron chi connectivity index (χ2n) is 6.70. The van der Waals surface area contributed by atoms with Gasteiger partial charge >= 0.3 is 0 Å². The van der Waals surface area contributed by atoms with E-state index in [0.29, 0.717) is 0 Å². The first-order valence-electron chi connectivity index (χ1n) is 8.79. The van der Waals surface area contributed by atoms with Crippen molar-refractivity contribution >= 4 is 0 Å². The lowest BCUT2D eigenvalue weighted by molar-refractivity contribution is 0.141. The topological polar surface area (TPSA) is 15.3 Å². The fraction of sp³-hybridized carbons (Fsp3) is 1.00. The Balaban J connectivity index is 1.63. The van der Waals surface area contributed by atoms with Crippen molar-refractivity contribution in [2.24, 2.45) is 11.8 Å². The lowest BCUT2D eigenvalue weighted by Crippen LogP contribution is -2.42. The minimum atomic E-state index is 0.819. The molecule has 0 spiro atoms. The lowest BCUT2D eigenvalue weighted by atomic mass is 9.69. The molecule has 19 heavy (non-hydrogen) atoms. The molecular formula is C17H34N2. The van der Waals surface area contributed by atoms with Gasteiger partial charge in [-0.2, -0.15) is 0 Å². The summed E-state index contributed by atoms with van der Waals surface area (Å²) in [5.41, 5.74) is 0. The Hall–Kier alpha value is -0.0800. The summed E-state index contributed by atoms with van der Waals surface area (Å²) in [4.78, 5) is 2.57. The van der Waals surface area contributed by atoms with Crippen molar-refractivity contribution in [1.29, 1.82) is 0 Å². The maximum Gasteiger partial charge on any atom is 0.0107 e. The average Bonchev–Trinajstić information content (AvgIpc) is 2.46. The first kappa shape index (κ1) is 15.3. The third kappa shape index (κ3) is 4.75. The van der Waals surface area contributed by atoms with E-state index in [1.54, 1.807) is 0 Å². The van der Waals surface area contributed by atoms with Crippen molar-refractivity contribution in [3.05, 3.63) is 0 Å². The summed E-state index contributed by atoms with van der Waals surface area (Å²) < 4.78 is 0. The number of fused-ring (bicyclic) bond motifs is 1. The van der Waals surface area contributed by atoms with Gasteiger partial charge < -0.3 is 10.2 Å². The molecule has 0 aromatic rings. The fourth-order valence-electron chi connectivity index (χ4n) is 4.23. The Morgan fingerprint density at radius 2 is 1.74 bits per heavy atom. The molecule has 2 fully saturated rings. The van der Waals surface area contributed by atoms with Gasteiger partial charge in [-0.15, -0.1) is 0 Å². The first-order valence-corrected chi connectivity index (χ1v) is 8.79. The first-order chi connectivity index (χ1) is 9.33. The van der Waals surface area contributed by atoms with E-state index in [-0.39, 0.29) is 0 Å². The molecule has 0 aliphatic heterocycles. The zero-order valence-electron chi connectivity index (χ0n) is 13.2. The molecule has 2 aliphatic carbocycles. The third-order valence-corrected chi connectivity index (χ3v) is 5.39. The van der Waals surface area contributed by atoms with E-state index in [0.717, 1.165) is 17.9 Å². The molecule has 3 atom stereocenters. The normalized spacial score (nSPS) is 31.4. The second kappa shape index (κ2) is 8.26. The molecule has 2 nitrogen and oxygen atoms in total. The van der Waals surface area contributed by atoms with Crippen molar-refractivity contribution in [3.8, 4) is 0 Å². The fourth-order valence-corrected chi connectivity index (χ4v) is 4.23. The van der Waals surface area contributed by atoms with Gasteiger partial charge in [0.2, 0.25) is 0 Å². The molecular weight excluding hydrogens is 232 g/mol. The molecule has 0 amide bonds. The zero-order valence-corrected chi connectivity index (χ0v) is 13.2. The van der Waals surface area contributed by atoms with Crippen LogP contribution in [-0.4, -0.2) is 37.1 Å². The van der Waals surface area contributed by atoms with Crippen LogP contribution in [0.4, 0.5) is 0 Å². The van der Waals surface area contributed by atoms with Crippen LogP contribution < -0.4 is 5.32 Å². The van der Waals surface area contributed by atoms with Crippen LogP contribution in [0.15, 0.2) is 0 Å². The van der Waals surface area contributed by atoms with E-state index >= 15 is 0 Å². The van der Waals surface area contributed by atoms with Crippen LogP contribution in [0, 0.1) is 11.8 Å². The second-order valence-corrected chi connectivity index (χ2v) is 6.70. The zero-order chi connectivity index (χ0) is 13.5. The van der Waals surface area contributed by atoms with E-state index in [4.69, 9.17) is 0 Å². The summed E-state index contributed by atoms with van der Waals surface area (Å²) >= 11 is 0. The summed E-state index contributed by atoms with van der Waals surface area (Å²) in [6, 6.07) is 0.819. The third-order valence-electron chi connectivity index (χ3n) is 5.39. The summed E-state index contributed by atoms with van der Waals surface area (Å²) in [6.07, 6.45) is 11.7. The minimum absolute atomic E-state index is 0.819. The van der Waals surface area contributed by atoms with E-state index < -0.39 is 0 Å². The highest BCUT2D eigenvalue weighted by Crippen LogP contribution is 2.40. The Bertz CT molecular complexity index is 241. The molecule has 2 heteroatoms. The van der Waals surface area contributed by atoms with Gasteiger partial charge in [0.1, 0.15) is 0 Å². The average molecular weight is 266 g/mol. The SMILES string of the molecule is CCCN(CC)CCNC1CCC2CCCCC2C1. The number of hydrogen-bond acceptors (Lipinski definition) is 2. The van der Waals surface area contributed by atoms with Gasteiger partial charge in [0, 0.05) is 19.1 Å². The summed E-state index contributed by atoms with van der Waals surface area (Å²) in [6.45, 7) is 9.44. The van der Waals surface area contributed by atoms with Crippen molar-refractivity contribution in [2.45, 2.75) is 71.3 Å². The van der Waals surface area contributed by atoms with E-state index in [1.165, 1.54) is 77.5 Å². The van der Waals surface area contributed by atoms with Crippen LogP contribution in [0.2, 0.25) is 0 Å². The highest BCUT2D eigenvalue weighted by Gasteiger charge is 2.31. The molecule has 0 aromatic carbocycles. The molecule has 112 valence electrons. The number of nitrogens with zero attached hydrogens (tertiary/aromatic N) is 1. The number of rotatable bonds is 7. The van der Waals surface area contributed by atoms with Crippen LogP contribution in [0.3, 0.4) is 0 Å². The van der Waals surface area contributed by atoms with Crippen LogP contribution in [0.5, 0.6) is 0 Å². The Morgan fingerprint density at radius 3 is 2.47 bits per heavy atom. The van der Waals surface area contributed by atoms with Gasteiger partial charge in [-0.1, -0.05) is 39.5 Å². The highest BCUT2D eigenvalue weighted by molar-refractivity contribution is 4.86. The van der Waals surface area contributed by atoms with Gasteiger partial charge in [-0.25, -0.2) is 0 Å². The molecule has 0 aromatic heterocycles. The monoisotopic (exact) mass is 266 g/mol. The molecule has 3 unspecified atom stereocenters. The molecule has 0 bridgehead atoms. The molecule has 0 saturated heterocycles. The quantitative estimate of drug-likeness (QED) is 0.756. The Morgan fingerprint density at radius 1 is 0.947 bits per heavy atom. The molecule has 2 aliphatic rings. The summed E-state index contributed by atoms with van der Waals surface area (Å²) in [5.74, 6) is 2.14. The number of nitrogens with one attached hydrogen (secondary N) is 1. The van der Waals surface area contributed by atoms with Crippen molar-refractivity contribution < 1.29 is 0 Å². The van der Waals surface area contributed by atoms with Crippen molar-refractivity contribution in [3.63, 3.8) is 0 Å².